The van der Waals surface area contributed by atoms with Crippen LogP contribution in [0.25, 0.3) is 0 Å². The van der Waals surface area contributed by atoms with E-state index in [9.17, 15) is 4.57 Å². The zero-order valence-electron chi connectivity index (χ0n) is 12.2. The van der Waals surface area contributed by atoms with Crippen molar-refractivity contribution >= 4 is 16.2 Å². The van der Waals surface area contributed by atoms with Crippen LogP contribution in [0.15, 0.2) is 0 Å². The molecule has 0 saturated carbocycles. The van der Waals surface area contributed by atoms with Crippen LogP contribution in [0.4, 0.5) is 0 Å². The molecule has 0 aromatic carbocycles. The molecule has 0 aliphatic carbocycles. The second kappa shape index (κ2) is 9.23. The maximum absolute atomic E-state index is 12.1. The highest BCUT2D eigenvalue weighted by atomic mass is 31.2. The molecule has 0 spiro atoms. The molecule has 7 heteroatoms. The lowest BCUT2D eigenvalue weighted by atomic mass is 10.9. The van der Waals surface area contributed by atoms with Crippen LogP contribution in [0, 0.1) is 0 Å². The highest BCUT2D eigenvalue weighted by molar-refractivity contribution is 7.58. The third kappa shape index (κ3) is 7.02. The van der Waals surface area contributed by atoms with Crippen LogP contribution in [0.5, 0.6) is 0 Å². The Kier molecular flexibility index (Phi) is 9.38. The molecular formula is C11H27O5PSi. The van der Waals surface area contributed by atoms with Gasteiger partial charge in [0, 0.05) is 38.7 Å². The van der Waals surface area contributed by atoms with Gasteiger partial charge in [-0.25, -0.2) is 0 Å². The van der Waals surface area contributed by atoms with Gasteiger partial charge in [-0.15, -0.1) is 0 Å². The maximum Gasteiger partial charge on any atom is 0.501 e. The molecule has 0 saturated heterocycles. The molecule has 0 heterocycles. The quantitative estimate of drug-likeness (QED) is 0.433. The third-order valence-corrected chi connectivity index (χ3v) is 7.63. The van der Waals surface area contributed by atoms with E-state index in [-0.39, 0.29) is 0 Å². The fraction of sp³-hybridized carbons (Fsp3) is 1.00. The average Bonchev–Trinajstić information content (AvgIpc) is 2.28. The molecular weight excluding hydrogens is 271 g/mol. The predicted octanol–water partition coefficient (Wildman–Crippen LogP) is 2.98. The van der Waals surface area contributed by atoms with E-state index in [2.05, 4.69) is 0 Å². The van der Waals surface area contributed by atoms with Gasteiger partial charge in [0.15, 0.2) is 7.37 Å². The van der Waals surface area contributed by atoms with E-state index in [0.717, 1.165) is 0 Å². The zero-order valence-corrected chi connectivity index (χ0v) is 14.1. The van der Waals surface area contributed by atoms with Gasteiger partial charge in [0.1, 0.15) is 0 Å². The van der Waals surface area contributed by atoms with Gasteiger partial charge in [0.05, 0.1) is 6.61 Å². The Labute approximate surface area is 112 Å². The molecule has 0 aliphatic heterocycles. The standard InChI is InChI=1S/C11H27O5PSi/c1-6-13-17(5,12)10-11-18(14-7-2,15-8-3)16-9-4/h6-11H2,1-5H3. The molecule has 110 valence electrons. The summed E-state index contributed by atoms with van der Waals surface area (Å²) < 4.78 is 34.5. The lowest BCUT2D eigenvalue weighted by Gasteiger charge is -2.29. The van der Waals surface area contributed by atoms with Crippen molar-refractivity contribution in [2.45, 2.75) is 33.7 Å². The minimum absolute atomic E-state index is 0.438. The molecule has 0 radical (unpaired) electrons. The third-order valence-electron chi connectivity index (χ3n) is 2.32. The Morgan fingerprint density at radius 1 is 0.889 bits per heavy atom. The molecule has 0 aromatic rings. The van der Waals surface area contributed by atoms with E-state index in [4.69, 9.17) is 17.8 Å². The molecule has 1 atom stereocenters. The summed E-state index contributed by atoms with van der Waals surface area (Å²) in [5.41, 5.74) is 0. The molecule has 0 aliphatic rings. The van der Waals surface area contributed by atoms with Crippen molar-refractivity contribution < 1.29 is 22.4 Å². The van der Waals surface area contributed by atoms with Crippen molar-refractivity contribution in [3.05, 3.63) is 0 Å². The van der Waals surface area contributed by atoms with Crippen molar-refractivity contribution in [1.82, 2.24) is 0 Å². The molecule has 0 aromatic heterocycles. The summed E-state index contributed by atoms with van der Waals surface area (Å²) >= 11 is 0. The molecule has 0 rings (SSSR count). The van der Waals surface area contributed by atoms with E-state index < -0.39 is 16.2 Å². The van der Waals surface area contributed by atoms with E-state index in [1.54, 1.807) is 6.66 Å². The fourth-order valence-electron chi connectivity index (χ4n) is 1.68. The van der Waals surface area contributed by atoms with Gasteiger partial charge in [-0.1, -0.05) is 0 Å². The summed E-state index contributed by atoms with van der Waals surface area (Å²) in [7, 11) is -5.25. The van der Waals surface area contributed by atoms with Crippen LogP contribution >= 0.6 is 7.37 Å². The Morgan fingerprint density at radius 3 is 1.67 bits per heavy atom. The number of hydrogen-bond donors (Lipinski definition) is 0. The van der Waals surface area contributed by atoms with Crippen molar-refractivity contribution in [2.75, 3.05) is 39.3 Å². The molecule has 0 fully saturated rings. The lowest BCUT2D eigenvalue weighted by Crippen LogP contribution is -2.46. The Bertz CT molecular complexity index is 245. The summed E-state index contributed by atoms with van der Waals surface area (Å²) in [6, 6.07) is 0.538. The van der Waals surface area contributed by atoms with Crippen LogP contribution in [-0.2, 0) is 22.4 Å². The normalized spacial score (nSPS) is 15.6. The van der Waals surface area contributed by atoms with Gasteiger partial charge in [-0.05, 0) is 27.7 Å². The Hall–Kier alpha value is 0.287. The topological polar surface area (TPSA) is 54.0 Å². The lowest BCUT2D eigenvalue weighted by molar-refractivity contribution is 0.0725. The summed E-state index contributed by atoms with van der Waals surface area (Å²) in [4.78, 5) is 0. The van der Waals surface area contributed by atoms with Gasteiger partial charge in [0.2, 0.25) is 0 Å². The molecule has 0 bridgehead atoms. The van der Waals surface area contributed by atoms with Gasteiger partial charge >= 0.3 is 8.80 Å². The molecule has 18 heavy (non-hydrogen) atoms. The summed E-state index contributed by atoms with van der Waals surface area (Å²) in [6.07, 6.45) is 0.438. The van der Waals surface area contributed by atoms with E-state index in [1.807, 2.05) is 27.7 Å². The molecule has 0 N–H and O–H groups in total. The van der Waals surface area contributed by atoms with Crippen LogP contribution in [0.2, 0.25) is 6.04 Å². The molecule has 1 unspecified atom stereocenters. The van der Waals surface area contributed by atoms with Gasteiger partial charge in [-0.3, -0.25) is 4.57 Å². The van der Waals surface area contributed by atoms with Crippen molar-refractivity contribution in [1.29, 1.82) is 0 Å². The van der Waals surface area contributed by atoms with E-state index >= 15 is 0 Å². The van der Waals surface area contributed by atoms with Crippen LogP contribution in [-0.4, -0.2) is 48.1 Å². The zero-order chi connectivity index (χ0) is 14.1. The summed E-state index contributed by atoms with van der Waals surface area (Å²) in [5.74, 6) is 0. The van der Waals surface area contributed by atoms with Crippen LogP contribution < -0.4 is 0 Å². The molecule has 0 amide bonds. The highest BCUT2D eigenvalue weighted by Crippen LogP contribution is 2.44. The van der Waals surface area contributed by atoms with Gasteiger partial charge < -0.3 is 17.8 Å². The maximum atomic E-state index is 12.1. The smallest absolute Gasteiger partial charge is 0.374 e. The predicted molar refractivity (Wildman–Crippen MR) is 75.5 cm³/mol. The second-order valence-corrected chi connectivity index (χ2v) is 9.35. The summed E-state index contributed by atoms with van der Waals surface area (Å²) in [5, 5.41) is 0. The minimum Gasteiger partial charge on any atom is -0.374 e. The largest absolute Gasteiger partial charge is 0.501 e. The van der Waals surface area contributed by atoms with Gasteiger partial charge in [-0.2, -0.15) is 0 Å². The first-order valence-corrected chi connectivity index (χ1v) is 10.8. The van der Waals surface area contributed by atoms with E-state index in [1.165, 1.54) is 0 Å². The van der Waals surface area contributed by atoms with Gasteiger partial charge in [0.25, 0.3) is 0 Å². The van der Waals surface area contributed by atoms with Crippen LogP contribution in [0.1, 0.15) is 27.7 Å². The monoisotopic (exact) mass is 298 g/mol. The summed E-state index contributed by atoms with van der Waals surface area (Å²) in [6.45, 7) is 11.3. The minimum atomic E-state index is -2.69. The van der Waals surface area contributed by atoms with E-state index in [0.29, 0.717) is 38.6 Å². The van der Waals surface area contributed by atoms with Crippen molar-refractivity contribution in [2.24, 2.45) is 0 Å². The first-order valence-electron chi connectivity index (χ1n) is 6.58. The Morgan fingerprint density at radius 2 is 1.33 bits per heavy atom. The average molecular weight is 298 g/mol. The number of hydrogen-bond acceptors (Lipinski definition) is 5. The first-order chi connectivity index (χ1) is 8.45. The molecule has 5 nitrogen and oxygen atoms in total. The number of rotatable bonds is 11. The van der Waals surface area contributed by atoms with Crippen molar-refractivity contribution in [3.8, 4) is 0 Å². The first kappa shape index (κ1) is 18.3. The Balaban J connectivity index is 4.60. The fourth-order valence-corrected chi connectivity index (χ4v) is 7.08. The van der Waals surface area contributed by atoms with Crippen LogP contribution in [0.3, 0.4) is 0 Å². The second-order valence-electron chi connectivity index (χ2n) is 3.89. The SMILES string of the molecule is CCO[Si](CCP(C)(=O)OCC)(OCC)OCC. The van der Waals surface area contributed by atoms with Crippen molar-refractivity contribution in [3.63, 3.8) is 0 Å². The highest BCUT2D eigenvalue weighted by Gasteiger charge is 2.41.